The van der Waals surface area contributed by atoms with Crippen molar-refractivity contribution in [3.05, 3.63) is 29.8 Å². The summed E-state index contributed by atoms with van der Waals surface area (Å²) < 4.78 is 22.5. The van der Waals surface area contributed by atoms with E-state index >= 15 is 0 Å². The van der Waals surface area contributed by atoms with Gasteiger partial charge in [-0.15, -0.1) is 0 Å². The number of hydrogen-bond acceptors (Lipinski definition) is 4. The second kappa shape index (κ2) is 9.17. The molecule has 1 saturated heterocycles. The maximum atomic E-state index is 12.0. The third kappa shape index (κ3) is 6.30. The molecular formula is C17H28N4O3S. The Labute approximate surface area is 150 Å². The Hall–Kier alpha value is -1.64. The van der Waals surface area contributed by atoms with Gasteiger partial charge < -0.3 is 10.2 Å². The summed E-state index contributed by atoms with van der Waals surface area (Å²) >= 11 is 0. The fraction of sp³-hybridized carbons (Fsp3) is 0.588. The Morgan fingerprint density at radius 3 is 2.36 bits per heavy atom. The molecular weight excluding hydrogens is 340 g/mol. The van der Waals surface area contributed by atoms with E-state index < -0.39 is 10.0 Å². The fourth-order valence-electron chi connectivity index (χ4n) is 2.79. The highest BCUT2D eigenvalue weighted by Crippen LogP contribution is 2.10. The van der Waals surface area contributed by atoms with E-state index in [1.807, 2.05) is 4.90 Å². The Morgan fingerprint density at radius 2 is 1.80 bits per heavy atom. The number of rotatable bonds is 7. The van der Waals surface area contributed by atoms with Crippen LogP contribution in [0.25, 0.3) is 0 Å². The van der Waals surface area contributed by atoms with E-state index in [0.717, 1.165) is 64.1 Å². The van der Waals surface area contributed by atoms with Crippen LogP contribution in [0.15, 0.2) is 29.2 Å². The maximum absolute atomic E-state index is 12.0. The van der Waals surface area contributed by atoms with Crippen molar-refractivity contribution in [2.75, 3.05) is 39.3 Å². The van der Waals surface area contributed by atoms with Gasteiger partial charge in [0.05, 0.1) is 4.90 Å². The molecule has 0 atom stereocenters. The zero-order chi connectivity index (χ0) is 18.3. The molecule has 1 fully saturated rings. The number of unbranched alkanes of at least 4 members (excludes halogenated alkanes) is 1. The van der Waals surface area contributed by atoms with E-state index in [9.17, 15) is 13.2 Å². The number of primary sulfonamides is 1. The molecule has 0 aliphatic carbocycles. The molecule has 0 bridgehead atoms. The monoisotopic (exact) mass is 368 g/mol. The number of carbonyl (C=O) groups is 1. The Morgan fingerprint density at radius 1 is 1.16 bits per heavy atom. The molecule has 8 heteroatoms. The summed E-state index contributed by atoms with van der Waals surface area (Å²) in [7, 11) is -3.63. The summed E-state index contributed by atoms with van der Waals surface area (Å²) in [5, 5.41) is 8.05. The first kappa shape index (κ1) is 19.7. The van der Waals surface area contributed by atoms with Crippen LogP contribution < -0.4 is 10.5 Å². The molecule has 25 heavy (non-hydrogen) atoms. The lowest BCUT2D eigenvalue weighted by Crippen LogP contribution is -2.52. The van der Waals surface area contributed by atoms with Crippen molar-refractivity contribution in [3.63, 3.8) is 0 Å². The van der Waals surface area contributed by atoms with Crippen LogP contribution in [0.2, 0.25) is 0 Å². The van der Waals surface area contributed by atoms with Crippen molar-refractivity contribution in [1.29, 1.82) is 0 Å². The van der Waals surface area contributed by atoms with Gasteiger partial charge in [0.25, 0.3) is 0 Å². The molecule has 1 aromatic rings. The van der Waals surface area contributed by atoms with Gasteiger partial charge in [0.15, 0.2) is 0 Å². The van der Waals surface area contributed by atoms with Gasteiger partial charge in [-0.2, -0.15) is 0 Å². The third-order valence-electron chi connectivity index (χ3n) is 4.43. The number of amides is 2. The number of sulfonamides is 1. The number of hydrogen-bond donors (Lipinski definition) is 2. The number of carbonyl (C=O) groups excluding carboxylic acids is 1. The van der Waals surface area contributed by atoms with Gasteiger partial charge in [0.1, 0.15) is 0 Å². The topological polar surface area (TPSA) is 95.7 Å². The summed E-state index contributed by atoms with van der Waals surface area (Å²) in [6.45, 7) is 6.93. The SMILES string of the molecule is CCCCNC(=O)N1CCN(CCc2ccc(S(N)(=O)=O)cc2)CC1. The molecule has 0 aromatic heterocycles. The zero-order valence-corrected chi connectivity index (χ0v) is 15.6. The van der Waals surface area contributed by atoms with E-state index in [2.05, 4.69) is 17.1 Å². The van der Waals surface area contributed by atoms with E-state index in [1.165, 1.54) is 0 Å². The quantitative estimate of drug-likeness (QED) is 0.702. The Balaban J connectivity index is 1.72. The highest BCUT2D eigenvalue weighted by Gasteiger charge is 2.20. The highest BCUT2D eigenvalue weighted by atomic mass is 32.2. The van der Waals surface area contributed by atoms with Crippen LogP contribution in [0.1, 0.15) is 25.3 Å². The summed E-state index contributed by atoms with van der Waals surface area (Å²) in [6.07, 6.45) is 2.93. The smallest absolute Gasteiger partial charge is 0.317 e. The van der Waals surface area contributed by atoms with Gasteiger partial charge >= 0.3 is 6.03 Å². The van der Waals surface area contributed by atoms with Crippen LogP contribution in [-0.4, -0.2) is 63.5 Å². The largest absolute Gasteiger partial charge is 0.338 e. The molecule has 2 rings (SSSR count). The Bertz CT molecular complexity index is 653. The molecule has 0 saturated carbocycles. The zero-order valence-electron chi connectivity index (χ0n) is 14.8. The van der Waals surface area contributed by atoms with Gasteiger partial charge in [-0.3, -0.25) is 4.90 Å². The normalized spacial score (nSPS) is 16.0. The van der Waals surface area contributed by atoms with Crippen LogP contribution in [0.5, 0.6) is 0 Å². The Kier molecular flexibility index (Phi) is 7.22. The molecule has 0 spiro atoms. The fourth-order valence-corrected chi connectivity index (χ4v) is 3.31. The second-order valence-corrected chi connectivity index (χ2v) is 7.91. The third-order valence-corrected chi connectivity index (χ3v) is 5.36. The summed E-state index contributed by atoms with van der Waals surface area (Å²) in [5.74, 6) is 0. The van der Waals surface area contributed by atoms with Crippen molar-refractivity contribution in [3.8, 4) is 0 Å². The number of piperazine rings is 1. The minimum Gasteiger partial charge on any atom is -0.338 e. The van der Waals surface area contributed by atoms with E-state index in [-0.39, 0.29) is 10.9 Å². The predicted octanol–water partition coefficient (Wildman–Crippen LogP) is 1.00. The van der Waals surface area contributed by atoms with Crippen molar-refractivity contribution in [2.24, 2.45) is 5.14 Å². The molecule has 0 radical (unpaired) electrons. The summed E-state index contributed by atoms with van der Waals surface area (Å²) in [4.78, 5) is 16.3. The first-order chi connectivity index (χ1) is 11.9. The highest BCUT2D eigenvalue weighted by molar-refractivity contribution is 7.89. The van der Waals surface area contributed by atoms with Crippen molar-refractivity contribution < 1.29 is 13.2 Å². The van der Waals surface area contributed by atoms with Crippen molar-refractivity contribution >= 4 is 16.1 Å². The molecule has 0 unspecified atom stereocenters. The standard InChI is InChI=1S/C17H28N4O3S/c1-2-3-9-19-17(22)21-13-11-20(12-14-21)10-8-15-4-6-16(7-5-15)25(18,23)24/h4-7H,2-3,8-14H2,1H3,(H,19,22)(H2,18,23,24). The molecule has 1 aliphatic rings. The number of benzene rings is 1. The first-order valence-electron chi connectivity index (χ1n) is 8.77. The minimum atomic E-state index is -3.63. The average molecular weight is 369 g/mol. The lowest BCUT2D eigenvalue weighted by atomic mass is 10.1. The minimum absolute atomic E-state index is 0.0340. The lowest BCUT2D eigenvalue weighted by molar-refractivity contribution is 0.140. The molecule has 1 aliphatic heterocycles. The molecule has 3 N–H and O–H groups in total. The van der Waals surface area contributed by atoms with Crippen LogP contribution >= 0.6 is 0 Å². The predicted molar refractivity (Wildman–Crippen MR) is 97.8 cm³/mol. The van der Waals surface area contributed by atoms with Gasteiger partial charge in [0.2, 0.25) is 10.0 Å². The molecule has 1 aromatic carbocycles. The van der Waals surface area contributed by atoms with Crippen LogP contribution in [0.3, 0.4) is 0 Å². The van der Waals surface area contributed by atoms with Gasteiger partial charge in [0, 0.05) is 39.3 Å². The second-order valence-electron chi connectivity index (χ2n) is 6.35. The van der Waals surface area contributed by atoms with Crippen molar-refractivity contribution in [2.45, 2.75) is 31.1 Å². The molecule has 7 nitrogen and oxygen atoms in total. The number of urea groups is 1. The summed E-state index contributed by atoms with van der Waals surface area (Å²) in [5.41, 5.74) is 1.08. The van der Waals surface area contributed by atoms with E-state index in [0.29, 0.717) is 0 Å². The van der Waals surface area contributed by atoms with Crippen LogP contribution in [0.4, 0.5) is 4.79 Å². The van der Waals surface area contributed by atoms with Crippen LogP contribution in [0, 0.1) is 0 Å². The summed E-state index contributed by atoms with van der Waals surface area (Å²) in [6, 6.07) is 6.73. The molecule has 2 amide bonds. The number of nitrogens with one attached hydrogen (secondary N) is 1. The molecule has 140 valence electrons. The average Bonchev–Trinajstić information content (AvgIpc) is 2.60. The molecule has 1 heterocycles. The van der Waals surface area contributed by atoms with E-state index in [1.54, 1.807) is 24.3 Å². The van der Waals surface area contributed by atoms with Gasteiger partial charge in [-0.25, -0.2) is 18.4 Å². The van der Waals surface area contributed by atoms with Crippen molar-refractivity contribution in [1.82, 2.24) is 15.1 Å². The first-order valence-corrected chi connectivity index (χ1v) is 10.3. The number of nitrogens with zero attached hydrogens (tertiary/aromatic N) is 2. The van der Waals surface area contributed by atoms with Gasteiger partial charge in [-0.05, 0) is 30.5 Å². The van der Waals surface area contributed by atoms with E-state index in [4.69, 9.17) is 5.14 Å². The van der Waals surface area contributed by atoms with Crippen LogP contribution in [-0.2, 0) is 16.4 Å². The number of nitrogens with two attached hydrogens (primary N) is 1. The maximum Gasteiger partial charge on any atom is 0.317 e. The van der Waals surface area contributed by atoms with Gasteiger partial charge in [-0.1, -0.05) is 25.5 Å². The lowest BCUT2D eigenvalue weighted by Gasteiger charge is -2.34.